The van der Waals surface area contributed by atoms with Gasteiger partial charge < -0.3 is 9.80 Å². The second-order valence-electron chi connectivity index (χ2n) is 6.19. The number of hydrogen-bond donors (Lipinski definition) is 0. The highest BCUT2D eigenvalue weighted by molar-refractivity contribution is 6.31. The Balaban J connectivity index is 1.68. The first-order chi connectivity index (χ1) is 11.4. The Morgan fingerprint density at radius 2 is 2.25 bits per heavy atom. The number of amides is 1. The van der Waals surface area contributed by atoms with Crippen molar-refractivity contribution in [3.8, 4) is 0 Å². The van der Waals surface area contributed by atoms with Crippen molar-refractivity contribution in [3.05, 3.63) is 46.5 Å². The van der Waals surface area contributed by atoms with E-state index in [2.05, 4.69) is 15.2 Å². The molecule has 1 aliphatic rings. The SMILES string of the molecule is CN(C)[C@H]1CCN(C(=O)c2cn(Cc3ccc(F)cc3Cl)nn2)C1. The summed E-state index contributed by atoms with van der Waals surface area (Å²) in [5.41, 5.74) is 1.03. The minimum Gasteiger partial charge on any atom is -0.336 e. The summed E-state index contributed by atoms with van der Waals surface area (Å²) >= 11 is 6.02. The Kier molecular flexibility index (Phi) is 4.82. The maximum absolute atomic E-state index is 13.1. The van der Waals surface area contributed by atoms with Gasteiger partial charge in [-0.15, -0.1) is 5.10 Å². The van der Waals surface area contributed by atoms with Crippen molar-refractivity contribution in [2.75, 3.05) is 27.2 Å². The summed E-state index contributed by atoms with van der Waals surface area (Å²) in [6.07, 6.45) is 2.56. The van der Waals surface area contributed by atoms with Crippen LogP contribution < -0.4 is 0 Å². The van der Waals surface area contributed by atoms with E-state index in [4.69, 9.17) is 11.6 Å². The molecule has 1 atom stereocenters. The fraction of sp³-hybridized carbons (Fsp3) is 0.438. The highest BCUT2D eigenvalue weighted by atomic mass is 35.5. The lowest BCUT2D eigenvalue weighted by molar-refractivity contribution is 0.0777. The first kappa shape index (κ1) is 16.9. The molecule has 0 N–H and O–H groups in total. The largest absolute Gasteiger partial charge is 0.336 e. The number of hydrogen-bond acceptors (Lipinski definition) is 4. The molecule has 0 bridgehead atoms. The van der Waals surface area contributed by atoms with Gasteiger partial charge in [0.25, 0.3) is 5.91 Å². The van der Waals surface area contributed by atoms with Crippen molar-refractivity contribution in [2.24, 2.45) is 0 Å². The van der Waals surface area contributed by atoms with Crippen LogP contribution in [0.1, 0.15) is 22.5 Å². The molecule has 6 nitrogen and oxygen atoms in total. The topological polar surface area (TPSA) is 54.3 Å². The van der Waals surface area contributed by atoms with Gasteiger partial charge in [0.2, 0.25) is 0 Å². The van der Waals surface area contributed by atoms with E-state index in [1.165, 1.54) is 16.8 Å². The summed E-state index contributed by atoms with van der Waals surface area (Å²) < 4.78 is 14.6. The van der Waals surface area contributed by atoms with E-state index in [0.29, 0.717) is 29.8 Å². The van der Waals surface area contributed by atoms with Gasteiger partial charge in [-0.3, -0.25) is 4.79 Å². The minimum atomic E-state index is -0.386. The van der Waals surface area contributed by atoms with Crippen molar-refractivity contribution in [3.63, 3.8) is 0 Å². The predicted molar refractivity (Wildman–Crippen MR) is 88.5 cm³/mol. The lowest BCUT2D eigenvalue weighted by atomic mass is 10.2. The molecule has 1 aromatic carbocycles. The molecule has 8 heteroatoms. The van der Waals surface area contributed by atoms with E-state index in [0.717, 1.165) is 18.5 Å². The second kappa shape index (κ2) is 6.86. The molecule has 24 heavy (non-hydrogen) atoms. The Bertz CT molecular complexity index is 748. The number of rotatable bonds is 4. The summed E-state index contributed by atoms with van der Waals surface area (Å²) in [6, 6.07) is 4.58. The van der Waals surface area contributed by atoms with Gasteiger partial charge in [-0.1, -0.05) is 22.9 Å². The molecule has 1 fully saturated rings. The van der Waals surface area contributed by atoms with Crippen molar-refractivity contribution in [1.29, 1.82) is 0 Å². The van der Waals surface area contributed by atoms with E-state index in [1.54, 1.807) is 17.2 Å². The molecular formula is C16H19ClFN5O. The fourth-order valence-electron chi connectivity index (χ4n) is 2.81. The first-order valence-corrected chi connectivity index (χ1v) is 8.11. The van der Waals surface area contributed by atoms with Crippen LogP contribution in [0.25, 0.3) is 0 Å². The Morgan fingerprint density at radius 3 is 2.92 bits per heavy atom. The zero-order valence-electron chi connectivity index (χ0n) is 13.6. The van der Waals surface area contributed by atoms with Crippen molar-refractivity contribution >= 4 is 17.5 Å². The molecule has 0 saturated carbocycles. The maximum Gasteiger partial charge on any atom is 0.276 e. The summed E-state index contributed by atoms with van der Waals surface area (Å²) in [5.74, 6) is -0.501. The number of benzene rings is 1. The molecule has 2 heterocycles. The average Bonchev–Trinajstić information content (AvgIpc) is 3.19. The quantitative estimate of drug-likeness (QED) is 0.844. The molecule has 3 rings (SSSR count). The molecule has 1 aromatic heterocycles. The smallest absolute Gasteiger partial charge is 0.276 e. The van der Waals surface area contributed by atoms with Crippen molar-refractivity contribution in [2.45, 2.75) is 19.0 Å². The molecule has 0 unspecified atom stereocenters. The van der Waals surface area contributed by atoms with Crippen LogP contribution in [0, 0.1) is 5.82 Å². The van der Waals surface area contributed by atoms with Gasteiger partial charge in [-0.05, 0) is 38.2 Å². The molecule has 2 aromatic rings. The minimum absolute atomic E-state index is 0.115. The van der Waals surface area contributed by atoms with Gasteiger partial charge in [0.15, 0.2) is 5.69 Å². The Labute approximate surface area is 144 Å². The highest BCUT2D eigenvalue weighted by Gasteiger charge is 2.29. The Morgan fingerprint density at radius 1 is 1.46 bits per heavy atom. The summed E-state index contributed by atoms with van der Waals surface area (Å²) in [6.45, 7) is 1.75. The third kappa shape index (κ3) is 3.57. The number of likely N-dealkylation sites (N-methyl/N-ethyl adjacent to an activating group) is 1. The standard InChI is InChI=1S/C16H19ClFN5O/c1-21(2)13-5-6-22(9-13)16(24)15-10-23(20-19-15)8-11-3-4-12(18)7-14(11)17/h3-4,7,10,13H,5-6,8-9H2,1-2H3/t13-/m0/s1. The van der Waals surface area contributed by atoms with E-state index >= 15 is 0 Å². The highest BCUT2D eigenvalue weighted by Crippen LogP contribution is 2.19. The molecular weight excluding hydrogens is 333 g/mol. The Hall–Kier alpha value is -1.99. The number of carbonyl (C=O) groups excluding carboxylic acids is 1. The monoisotopic (exact) mass is 351 g/mol. The number of nitrogens with zero attached hydrogens (tertiary/aromatic N) is 5. The summed E-state index contributed by atoms with van der Waals surface area (Å²) in [5, 5.41) is 8.27. The van der Waals surface area contributed by atoms with Crippen molar-refractivity contribution < 1.29 is 9.18 Å². The molecule has 0 aliphatic carbocycles. The molecule has 1 saturated heterocycles. The third-order valence-electron chi connectivity index (χ3n) is 4.29. The summed E-state index contributed by atoms with van der Waals surface area (Å²) in [7, 11) is 4.03. The van der Waals surface area contributed by atoms with Crippen LogP contribution >= 0.6 is 11.6 Å². The van der Waals surface area contributed by atoms with Crippen molar-refractivity contribution in [1.82, 2.24) is 24.8 Å². The maximum atomic E-state index is 13.1. The van der Waals surface area contributed by atoms with Crippen LogP contribution in [0.4, 0.5) is 4.39 Å². The van der Waals surface area contributed by atoms with Crippen LogP contribution in [0.2, 0.25) is 5.02 Å². The molecule has 0 radical (unpaired) electrons. The van der Waals surface area contributed by atoms with E-state index in [-0.39, 0.29) is 11.7 Å². The van der Waals surface area contributed by atoms with E-state index in [9.17, 15) is 9.18 Å². The zero-order chi connectivity index (χ0) is 17.3. The normalized spacial score (nSPS) is 17.7. The third-order valence-corrected chi connectivity index (χ3v) is 4.64. The summed E-state index contributed by atoms with van der Waals surface area (Å²) in [4.78, 5) is 16.4. The lowest BCUT2D eigenvalue weighted by Crippen LogP contribution is -2.34. The van der Waals surface area contributed by atoms with Gasteiger partial charge >= 0.3 is 0 Å². The van der Waals surface area contributed by atoms with E-state index < -0.39 is 0 Å². The molecule has 1 amide bonds. The lowest BCUT2D eigenvalue weighted by Gasteiger charge is -2.19. The van der Waals surface area contributed by atoms with Gasteiger partial charge in [-0.25, -0.2) is 9.07 Å². The first-order valence-electron chi connectivity index (χ1n) is 7.74. The van der Waals surface area contributed by atoms with E-state index in [1.807, 2.05) is 14.1 Å². The van der Waals surface area contributed by atoms with Crippen LogP contribution in [-0.2, 0) is 6.54 Å². The van der Waals surface area contributed by atoms with Gasteiger partial charge in [0.1, 0.15) is 5.82 Å². The van der Waals surface area contributed by atoms with Gasteiger partial charge in [0.05, 0.1) is 12.7 Å². The number of aromatic nitrogens is 3. The number of halogens is 2. The molecule has 1 aliphatic heterocycles. The predicted octanol–water partition coefficient (Wildman–Crippen LogP) is 1.89. The van der Waals surface area contributed by atoms with Crippen LogP contribution in [0.3, 0.4) is 0 Å². The van der Waals surface area contributed by atoms with Gasteiger partial charge in [-0.2, -0.15) is 0 Å². The fourth-order valence-corrected chi connectivity index (χ4v) is 3.03. The van der Waals surface area contributed by atoms with Crippen LogP contribution in [0.5, 0.6) is 0 Å². The number of carbonyl (C=O) groups is 1. The number of likely N-dealkylation sites (tertiary alicyclic amines) is 1. The van der Waals surface area contributed by atoms with Gasteiger partial charge in [0, 0.05) is 24.2 Å². The molecule has 0 spiro atoms. The van der Waals surface area contributed by atoms with Crippen LogP contribution in [-0.4, -0.2) is 63.9 Å². The average molecular weight is 352 g/mol. The van der Waals surface area contributed by atoms with Crippen LogP contribution in [0.15, 0.2) is 24.4 Å². The molecule has 128 valence electrons. The zero-order valence-corrected chi connectivity index (χ0v) is 14.4. The second-order valence-corrected chi connectivity index (χ2v) is 6.60.